The highest BCUT2D eigenvalue weighted by Crippen LogP contribution is 2.42. The number of carboxylic acids is 1. The number of benzene rings is 4. The van der Waals surface area contributed by atoms with Gasteiger partial charge in [-0.1, -0.05) is 66.3 Å². The quantitative estimate of drug-likeness (QED) is 0.0245. The van der Waals surface area contributed by atoms with Crippen LogP contribution in [0.25, 0.3) is 89.8 Å². The number of aryl methyl sites for hydroxylation is 2. The molecule has 0 spiro atoms. The highest BCUT2D eigenvalue weighted by molar-refractivity contribution is 9.10. The molecule has 41 heteroatoms. The number of rotatable bonds is 17. The van der Waals surface area contributed by atoms with Gasteiger partial charge in [-0.05, 0) is 212 Å². The number of nitrogens with zero attached hydrogens (tertiary/aromatic N) is 10. The molecule has 0 atom stereocenters. The van der Waals surface area contributed by atoms with E-state index >= 15 is 0 Å². The summed E-state index contributed by atoms with van der Waals surface area (Å²) in [5.41, 5.74) is 30.2. The van der Waals surface area contributed by atoms with Crippen LogP contribution in [0.1, 0.15) is 168 Å². The number of carbonyl (C=O) groups is 6. The second-order valence-electron chi connectivity index (χ2n) is 35.9. The van der Waals surface area contributed by atoms with Crippen molar-refractivity contribution in [1.82, 2.24) is 54.8 Å². The van der Waals surface area contributed by atoms with Crippen molar-refractivity contribution in [2.75, 3.05) is 63.8 Å². The summed E-state index contributed by atoms with van der Waals surface area (Å²) in [6, 6.07) is 34.9. The molecule has 19 rings (SSSR count). The largest absolute Gasteiger partial charge is 0.494 e. The number of nitrogens with two attached hydrogens (primary N) is 3. The van der Waals surface area contributed by atoms with Crippen molar-refractivity contribution < 1.29 is 96.0 Å². The minimum absolute atomic E-state index is 0.00798. The van der Waals surface area contributed by atoms with E-state index in [2.05, 4.69) is 64.1 Å². The molecule has 0 saturated carbocycles. The number of aliphatic carboxylic acids is 1. The van der Waals surface area contributed by atoms with E-state index in [1.54, 1.807) is 122 Å². The van der Waals surface area contributed by atoms with Crippen LogP contribution in [-0.2, 0) is 44.8 Å². The number of nitrogen functional groups attached to an aromatic ring is 2. The third-order valence-corrected chi connectivity index (χ3v) is 26.9. The molecule has 758 valence electrons. The Hall–Kier alpha value is -13.1. The van der Waals surface area contributed by atoms with Crippen LogP contribution < -0.4 is 28.0 Å². The Labute approximate surface area is 856 Å². The summed E-state index contributed by atoms with van der Waals surface area (Å²) in [5, 5.41) is 16.5. The molecular formula is C104H100BBrCl4F8N14O13. The zero-order valence-electron chi connectivity index (χ0n) is 79.3. The van der Waals surface area contributed by atoms with Crippen molar-refractivity contribution in [3.05, 3.63) is 276 Å². The number of halogens is 13. The van der Waals surface area contributed by atoms with Crippen LogP contribution in [0.4, 0.5) is 46.8 Å². The SMILES string of the molecule is CCc1coc2c(Cl)cc(-c3ccc(C(=O)N4CCC(F)(F)CC4)cn3)cc12.CCc1coc2c(Cl)cc(B3OC(C)(C)C(C)(C)O3)cc12.NCc1coc2c(Cl)cc(-c3ccc(C(=O)N4CCC(F)(F)CC4)cn3)cc12.Nc1ccc(/C=C/C(=O)NCc2coc3c(Cl)cc(-c4ccc(C(=O)N5CCC(F)(F)CC5)cn4)cc23)cn1.Nc1ccc(/C=C/C(=O)O)cn1.O=C(c1ccc(Br)nc1)N1CCC(F)(F)CC1. The van der Waals surface area contributed by atoms with Crippen molar-refractivity contribution in [2.45, 2.75) is 154 Å². The molecule has 10 aromatic heterocycles. The standard InChI is InChI=1S/C28H24ClF2N5O3.C21H19ClF2N2O2.C20H18ClF2N3O2.C16H20BClO3.C11H11BrF2N2O.C8H8N2O2/c29-22-12-19(23-4-3-18(14-33-23)27(38)36-9-7-28(30,31)8-10-36)11-21-20(16-39-26(21)22)15-35-25(37)6-2-17-1-5-24(32)34-13-17;1-2-13-12-28-19-16(13)9-15(10-17(19)22)18-4-3-14(11-25-18)20(27)26-7-5-21(23,24)6-8-26;21-16-8-13(7-15-14(9-24)11-28-18(15)16)17-2-1-12(10-25-17)19(27)26-5-3-20(22,23)4-6-26;1-6-10-9-19-14-12(10)7-11(8-13(14)18)17-20-15(2,3)16(4,5)21-17;12-9-2-1-8(7-15-9)10(17)16-5-3-11(13,14)4-6-16;9-7-3-1-6(5-10-7)2-4-8(11)12/h1-6,11-14,16H,7-10,15H2,(H2,32,34)(H,35,37);3-4,9-12H,2,5-8H2,1H3;1-2,7-8,10-11H,3-6,9,24H2;7-9H,6H2,1-5H3;1-2,7H,3-6H2;1-5H,(H2,9,10)(H,11,12)/b6-2+;;;;;4-2+. The molecule has 0 aliphatic carbocycles. The van der Waals surface area contributed by atoms with Crippen LogP contribution in [-0.4, -0.2) is 184 Å². The Morgan fingerprint density at radius 2 is 0.738 bits per heavy atom. The second kappa shape index (κ2) is 46.1. The number of hydrogen-bond donors (Lipinski definition) is 5. The number of anilines is 2. The molecule has 5 aliphatic rings. The van der Waals surface area contributed by atoms with Crippen LogP contribution in [0.5, 0.6) is 0 Å². The van der Waals surface area contributed by atoms with Gasteiger partial charge in [0.2, 0.25) is 5.91 Å². The summed E-state index contributed by atoms with van der Waals surface area (Å²) in [6.07, 6.45) is 20.3. The Balaban J connectivity index is 0.000000142. The molecule has 145 heavy (non-hydrogen) atoms. The fraction of sp³-hybridized carbons (Fsp3) is 0.308. The van der Waals surface area contributed by atoms with Gasteiger partial charge < -0.3 is 74.2 Å². The van der Waals surface area contributed by atoms with E-state index in [1.807, 2.05) is 58.9 Å². The van der Waals surface area contributed by atoms with E-state index in [0.29, 0.717) is 115 Å². The smallest absolute Gasteiger partial charge is 0.478 e. The highest BCUT2D eigenvalue weighted by atomic mass is 79.9. The van der Waals surface area contributed by atoms with Gasteiger partial charge in [-0.25, -0.2) is 54.9 Å². The number of amides is 5. The number of carboxylic acid groups (broad SMARTS) is 1. The van der Waals surface area contributed by atoms with Crippen molar-refractivity contribution in [3.8, 4) is 33.8 Å². The topological polar surface area (TPSA) is 374 Å². The minimum atomic E-state index is -2.72. The van der Waals surface area contributed by atoms with Crippen LogP contribution in [0.3, 0.4) is 0 Å². The molecule has 0 radical (unpaired) electrons. The fourth-order valence-corrected chi connectivity index (χ4v) is 17.4. The van der Waals surface area contributed by atoms with E-state index in [4.69, 9.17) is 95.7 Å². The number of furan rings is 4. The lowest BCUT2D eigenvalue weighted by atomic mass is 9.78. The lowest BCUT2D eigenvalue weighted by Crippen LogP contribution is -2.42. The molecule has 0 bridgehead atoms. The number of fused-ring (bicyclic) bond motifs is 4. The number of aromatic nitrogens is 6. The number of likely N-dealkylation sites (tertiary alicyclic amines) is 4. The number of hydrogen-bond acceptors (Lipinski definition) is 21. The van der Waals surface area contributed by atoms with Crippen molar-refractivity contribution in [3.63, 3.8) is 0 Å². The first-order chi connectivity index (χ1) is 68.8. The number of pyridine rings is 6. The third kappa shape index (κ3) is 27.2. The normalized spacial score (nSPS) is 16.5. The van der Waals surface area contributed by atoms with E-state index in [0.717, 1.165) is 85.1 Å². The van der Waals surface area contributed by atoms with E-state index < -0.39 is 36.8 Å². The zero-order chi connectivity index (χ0) is 104. The maximum absolute atomic E-state index is 13.4. The molecule has 5 aliphatic heterocycles. The van der Waals surface area contributed by atoms with Crippen LogP contribution in [0, 0.1) is 0 Å². The lowest BCUT2D eigenvalue weighted by Gasteiger charge is -2.32. The van der Waals surface area contributed by atoms with Gasteiger partial charge in [0.15, 0.2) is 22.3 Å². The van der Waals surface area contributed by atoms with E-state index in [9.17, 15) is 63.9 Å². The van der Waals surface area contributed by atoms with Crippen LogP contribution >= 0.6 is 62.3 Å². The number of piperidine rings is 4. The third-order valence-electron chi connectivity index (χ3n) is 25.3. The Bertz CT molecular complexity index is 6880. The van der Waals surface area contributed by atoms with Gasteiger partial charge in [0.1, 0.15) is 16.2 Å². The predicted molar refractivity (Wildman–Crippen MR) is 544 cm³/mol. The fourth-order valence-electron chi connectivity index (χ4n) is 16.1. The van der Waals surface area contributed by atoms with Gasteiger partial charge in [0.05, 0.1) is 95.7 Å². The molecule has 27 nitrogen and oxygen atoms in total. The Morgan fingerprint density at radius 3 is 1.06 bits per heavy atom. The van der Waals surface area contributed by atoms with Crippen LogP contribution in [0.2, 0.25) is 20.1 Å². The number of nitrogens with one attached hydrogen (secondary N) is 1. The van der Waals surface area contributed by atoms with Gasteiger partial charge in [0.25, 0.3) is 47.3 Å². The second-order valence-corrected chi connectivity index (χ2v) is 38.4. The molecule has 14 aromatic rings. The molecule has 8 N–H and O–H groups in total. The van der Waals surface area contributed by atoms with E-state index in [1.165, 1.54) is 69.0 Å². The highest BCUT2D eigenvalue weighted by Gasteiger charge is 2.52. The van der Waals surface area contributed by atoms with Crippen molar-refractivity contribution in [2.24, 2.45) is 5.73 Å². The van der Waals surface area contributed by atoms with Gasteiger partial charge >= 0.3 is 13.1 Å². The maximum Gasteiger partial charge on any atom is 0.494 e. The summed E-state index contributed by atoms with van der Waals surface area (Å²) in [4.78, 5) is 103. The van der Waals surface area contributed by atoms with Crippen molar-refractivity contribution in [1.29, 1.82) is 0 Å². The summed E-state index contributed by atoms with van der Waals surface area (Å²) >= 11 is 28.6. The van der Waals surface area contributed by atoms with Crippen molar-refractivity contribution >= 4 is 178 Å². The lowest BCUT2D eigenvalue weighted by molar-refractivity contribution is -0.131. The van der Waals surface area contributed by atoms with E-state index in [-0.39, 0.29) is 151 Å². The number of carbonyl (C=O) groups excluding carboxylic acids is 5. The Morgan fingerprint density at radius 1 is 0.421 bits per heavy atom. The monoisotopic (exact) mass is 2130 g/mol. The van der Waals surface area contributed by atoms with Crippen LogP contribution in [0.15, 0.2) is 218 Å². The average molecular weight is 2140 g/mol. The first-order valence-electron chi connectivity index (χ1n) is 46.2. The maximum atomic E-state index is 13.4. The zero-order valence-corrected chi connectivity index (χ0v) is 83.9. The first-order valence-corrected chi connectivity index (χ1v) is 48.5. The molecule has 5 amide bonds. The van der Waals surface area contributed by atoms with Gasteiger partial charge in [-0.2, -0.15) is 0 Å². The molecule has 15 heterocycles. The Kier molecular flexibility index (Phi) is 34.2. The molecule has 0 unspecified atom stereocenters. The molecule has 5 fully saturated rings. The molecule has 4 aromatic carbocycles. The van der Waals surface area contributed by atoms with Gasteiger partial charge in [-0.3, -0.25) is 38.9 Å². The first kappa shape index (κ1) is 108. The predicted octanol–water partition coefficient (Wildman–Crippen LogP) is 22.8. The number of alkyl halides is 8. The van der Waals surface area contributed by atoms with Gasteiger partial charge in [0, 0.05) is 216 Å². The summed E-state index contributed by atoms with van der Waals surface area (Å²) in [7, 11) is -0.406. The summed E-state index contributed by atoms with van der Waals surface area (Å²) < 4.78 is 141. The average Bonchev–Trinajstić information content (AvgIpc) is 1.84. The summed E-state index contributed by atoms with van der Waals surface area (Å²) in [6.45, 7) is 13.3. The summed E-state index contributed by atoms with van der Waals surface area (Å²) in [5.74, 6) is -12.3. The molecular weight excluding hydrogens is 2040 g/mol. The molecule has 5 saturated heterocycles. The van der Waals surface area contributed by atoms with Gasteiger partial charge in [-0.15, -0.1) is 0 Å². The minimum Gasteiger partial charge on any atom is -0.478 e.